The molecule has 0 aliphatic rings. The molecule has 4 heteroatoms. The molecular weight excluding hydrogens is 198 g/mol. The number of hydrogen-bond donors (Lipinski definition) is 1. The number of esters is 1. The summed E-state index contributed by atoms with van der Waals surface area (Å²) in [6.45, 7) is 6.37. The van der Waals surface area contributed by atoms with Crippen LogP contribution in [-0.2, 0) is 9.53 Å². The maximum atomic E-state index is 11.2. The van der Waals surface area contributed by atoms with Crippen molar-refractivity contribution in [3.8, 4) is 0 Å². The van der Waals surface area contributed by atoms with E-state index in [9.17, 15) is 4.79 Å². The van der Waals surface area contributed by atoms with Gasteiger partial charge in [-0.05, 0) is 45.9 Å². The summed E-state index contributed by atoms with van der Waals surface area (Å²) in [5.74, 6) is 1.30. The first-order chi connectivity index (χ1) is 6.45. The maximum Gasteiger partial charge on any atom is 0.316 e. The third-order valence-electron chi connectivity index (χ3n) is 1.38. The molecule has 0 aromatic heterocycles. The number of carbonyl (C=O) groups is 1. The van der Waals surface area contributed by atoms with Gasteiger partial charge in [0.1, 0.15) is 5.60 Å². The van der Waals surface area contributed by atoms with Crippen molar-refractivity contribution in [2.24, 2.45) is 5.73 Å². The van der Waals surface area contributed by atoms with E-state index in [-0.39, 0.29) is 11.6 Å². The van der Waals surface area contributed by atoms with Gasteiger partial charge in [-0.3, -0.25) is 4.79 Å². The molecule has 0 amide bonds. The van der Waals surface area contributed by atoms with E-state index in [1.807, 2.05) is 20.8 Å². The Morgan fingerprint density at radius 2 is 2.00 bits per heavy atom. The molecule has 0 aliphatic carbocycles. The molecule has 0 radical (unpaired) electrons. The van der Waals surface area contributed by atoms with Gasteiger partial charge in [0.25, 0.3) is 0 Å². The molecule has 14 heavy (non-hydrogen) atoms. The Kier molecular flexibility index (Phi) is 7.01. The fraction of sp³-hybridized carbons (Fsp3) is 0.900. The zero-order valence-electron chi connectivity index (χ0n) is 9.34. The number of carbonyl (C=O) groups excluding carboxylic acids is 1. The lowest BCUT2D eigenvalue weighted by Gasteiger charge is -2.19. The second-order valence-corrected chi connectivity index (χ2v) is 5.24. The minimum absolute atomic E-state index is 0.129. The molecule has 0 aliphatic heterocycles. The van der Waals surface area contributed by atoms with Gasteiger partial charge in [-0.2, -0.15) is 11.8 Å². The Bertz CT molecular complexity index is 166. The highest BCUT2D eigenvalue weighted by Crippen LogP contribution is 2.10. The SMILES string of the molecule is CC(C)(C)OC(=O)CSCCCCN. The molecule has 0 spiro atoms. The molecule has 0 fully saturated rings. The van der Waals surface area contributed by atoms with Gasteiger partial charge >= 0.3 is 5.97 Å². The van der Waals surface area contributed by atoms with Gasteiger partial charge in [-0.15, -0.1) is 0 Å². The molecule has 0 bridgehead atoms. The van der Waals surface area contributed by atoms with Crippen LogP contribution in [-0.4, -0.2) is 29.6 Å². The predicted molar refractivity (Wildman–Crippen MR) is 61.5 cm³/mol. The number of unbranched alkanes of at least 4 members (excludes halogenated alkanes) is 1. The summed E-state index contributed by atoms with van der Waals surface area (Å²) >= 11 is 1.61. The van der Waals surface area contributed by atoms with Crippen LogP contribution in [0, 0.1) is 0 Å². The normalized spacial score (nSPS) is 11.4. The molecule has 0 unspecified atom stereocenters. The molecule has 0 heterocycles. The van der Waals surface area contributed by atoms with E-state index in [1.165, 1.54) is 0 Å². The Labute approximate surface area is 90.8 Å². The van der Waals surface area contributed by atoms with Crippen LogP contribution in [0.15, 0.2) is 0 Å². The Hall–Kier alpha value is -0.220. The van der Waals surface area contributed by atoms with Gasteiger partial charge in [0.15, 0.2) is 0 Å². The monoisotopic (exact) mass is 219 g/mol. The van der Waals surface area contributed by atoms with E-state index in [0.29, 0.717) is 5.75 Å². The summed E-state index contributed by atoms with van der Waals surface area (Å²) in [6.07, 6.45) is 2.10. The van der Waals surface area contributed by atoms with Crippen molar-refractivity contribution >= 4 is 17.7 Å². The second-order valence-electron chi connectivity index (χ2n) is 4.13. The van der Waals surface area contributed by atoms with Crippen LogP contribution in [0.25, 0.3) is 0 Å². The van der Waals surface area contributed by atoms with Crippen LogP contribution in [0.1, 0.15) is 33.6 Å². The van der Waals surface area contributed by atoms with Gasteiger partial charge in [-0.25, -0.2) is 0 Å². The fourth-order valence-corrected chi connectivity index (χ4v) is 1.65. The Morgan fingerprint density at radius 1 is 1.36 bits per heavy atom. The highest BCUT2D eigenvalue weighted by molar-refractivity contribution is 7.99. The van der Waals surface area contributed by atoms with E-state index in [4.69, 9.17) is 10.5 Å². The molecule has 84 valence electrons. The van der Waals surface area contributed by atoms with Crippen LogP contribution in [0.4, 0.5) is 0 Å². The first-order valence-corrected chi connectivity index (χ1v) is 6.11. The maximum absolute atomic E-state index is 11.2. The first kappa shape index (κ1) is 13.8. The summed E-state index contributed by atoms with van der Waals surface area (Å²) < 4.78 is 5.16. The number of hydrogen-bond acceptors (Lipinski definition) is 4. The van der Waals surface area contributed by atoms with Gasteiger partial charge in [0.2, 0.25) is 0 Å². The molecule has 3 nitrogen and oxygen atoms in total. The van der Waals surface area contributed by atoms with Crippen LogP contribution in [0.2, 0.25) is 0 Å². The van der Waals surface area contributed by atoms with E-state index >= 15 is 0 Å². The lowest BCUT2D eigenvalue weighted by molar-refractivity contribution is -0.151. The van der Waals surface area contributed by atoms with Crippen molar-refractivity contribution in [1.82, 2.24) is 0 Å². The number of nitrogens with two attached hydrogens (primary N) is 1. The van der Waals surface area contributed by atoms with Crippen molar-refractivity contribution in [3.05, 3.63) is 0 Å². The minimum atomic E-state index is -0.366. The Morgan fingerprint density at radius 3 is 2.50 bits per heavy atom. The molecule has 0 saturated carbocycles. The van der Waals surface area contributed by atoms with E-state index in [0.717, 1.165) is 25.1 Å². The lowest BCUT2D eigenvalue weighted by atomic mass is 10.2. The minimum Gasteiger partial charge on any atom is -0.459 e. The number of rotatable bonds is 6. The Balaban J connectivity index is 3.36. The standard InChI is InChI=1S/C10H21NO2S/c1-10(2,3)13-9(12)8-14-7-5-4-6-11/h4-8,11H2,1-3H3. The van der Waals surface area contributed by atoms with Crippen LogP contribution >= 0.6 is 11.8 Å². The fourth-order valence-electron chi connectivity index (χ4n) is 0.875. The summed E-state index contributed by atoms with van der Waals surface area (Å²) in [4.78, 5) is 11.2. The molecule has 2 N–H and O–H groups in total. The van der Waals surface area contributed by atoms with Crippen molar-refractivity contribution in [3.63, 3.8) is 0 Å². The van der Waals surface area contributed by atoms with Crippen molar-refractivity contribution in [1.29, 1.82) is 0 Å². The van der Waals surface area contributed by atoms with E-state index < -0.39 is 0 Å². The second kappa shape index (κ2) is 7.12. The van der Waals surface area contributed by atoms with Crippen LogP contribution in [0.3, 0.4) is 0 Å². The molecule has 0 atom stereocenters. The molecule has 0 saturated heterocycles. The number of ether oxygens (including phenoxy) is 1. The summed E-state index contributed by atoms with van der Waals surface area (Å²) in [5.41, 5.74) is 4.99. The van der Waals surface area contributed by atoms with Gasteiger partial charge < -0.3 is 10.5 Å². The van der Waals surface area contributed by atoms with Crippen LogP contribution < -0.4 is 5.73 Å². The molecule has 0 aromatic rings. The zero-order chi connectivity index (χ0) is 11.0. The smallest absolute Gasteiger partial charge is 0.316 e. The third kappa shape index (κ3) is 9.86. The van der Waals surface area contributed by atoms with Crippen molar-refractivity contribution < 1.29 is 9.53 Å². The summed E-state index contributed by atoms with van der Waals surface area (Å²) in [6, 6.07) is 0. The quantitative estimate of drug-likeness (QED) is 0.547. The predicted octanol–water partition coefficient (Wildman–Crippen LogP) is 1.80. The van der Waals surface area contributed by atoms with Crippen molar-refractivity contribution in [2.45, 2.75) is 39.2 Å². The topological polar surface area (TPSA) is 52.3 Å². The van der Waals surface area contributed by atoms with E-state index in [1.54, 1.807) is 11.8 Å². The molecule has 0 aromatic carbocycles. The van der Waals surface area contributed by atoms with Gasteiger partial charge in [0, 0.05) is 0 Å². The van der Waals surface area contributed by atoms with Crippen molar-refractivity contribution in [2.75, 3.05) is 18.1 Å². The van der Waals surface area contributed by atoms with E-state index in [2.05, 4.69) is 0 Å². The van der Waals surface area contributed by atoms with Gasteiger partial charge in [0.05, 0.1) is 5.75 Å². The molecule has 0 rings (SSSR count). The highest BCUT2D eigenvalue weighted by Gasteiger charge is 2.15. The first-order valence-electron chi connectivity index (χ1n) is 4.95. The lowest BCUT2D eigenvalue weighted by Crippen LogP contribution is -2.25. The average Bonchev–Trinajstić information content (AvgIpc) is 2.00. The average molecular weight is 219 g/mol. The largest absolute Gasteiger partial charge is 0.459 e. The summed E-state index contributed by atoms with van der Waals surface area (Å²) in [5, 5.41) is 0. The highest BCUT2D eigenvalue weighted by atomic mass is 32.2. The summed E-state index contributed by atoms with van der Waals surface area (Å²) in [7, 11) is 0. The van der Waals surface area contributed by atoms with Gasteiger partial charge in [-0.1, -0.05) is 0 Å². The zero-order valence-corrected chi connectivity index (χ0v) is 10.2. The third-order valence-corrected chi connectivity index (χ3v) is 2.40. The molecular formula is C10H21NO2S. The number of thioether (sulfide) groups is 1. The van der Waals surface area contributed by atoms with Crippen LogP contribution in [0.5, 0.6) is 0 Å².